The lowest BCUT2D eigenvalue weighted by Gasteiger charge is -2.12. The van der Waals surface area contributed by atoms with E-state index in [2.05, 4.69) is 31.5 Å². The highest BCUT2D eigenvalue weighted by atomic mass is 32.2. The number of fused-ring (bicyclic) bond motifs is 1. The third kappa shape index (κ3) is 4.78. The average Bonchev–Trinajstić information content (AvgIpc) is 3.43. The maximum absolute atomic E-state index is 12.7. The molecule has 0 unspecified atom stereocenters. The smallest absolute Gasteiger partial charge is 0.237 e. The van der Waals surface area contributed by atoms with Crippen LogP contribution in [0.15, 0.2) is 78.2 Å². The van der Waals surface area contributed by atoms with Crippen molar-refractivity contribution in [1.82, 2.24) is 24.8 Å². The van der Waals surface area contributed by atoms with Gasteiger partial charge in [0.1, 0.15) is 0 Å². The molecule has 170 valence electrons. The topological polar surface area (TPSA) is 112 Å². The van der Waals surface area contributed by atoms with Gasteiger partial charge in [0.25, 0.3) is 0 Å². The summed E-state index contributed by atoms with van der Waals surface area (Å²) >= 11 is 2.95. The standard InChI is InChI=1S/C24H21N7OS2/c1-15(33-24-30-29-22(31(24)25)17-5-4-12-26-14-17)23(32)27-18-10-8-16(9-11-18)13-21-28-19-6-2-3-7-20(19)34-21/h2-12,14-15H,13,25H2,1H3,(H,27,32)/t15-/m0/s1. The number of thiazole rings is 1. The Labute approximate surface area is 204 Å². The Bertz CT molecular complexity index is 1400. The zero-order valence-electron chi connectivity index (χ0n) is 18.3. The number of carbonyl (C=O) groups excluding carboxylic acids is 1. The van der Waals surface area contributed by atoms with E-state index in [9.17, 15) is 4.79 Å². The number of hydrogen-bond acceptors (Lipinski definition) is 8. The van der Waals surface area contributed by atoms with Crippen molar-refractivity contribution in [3.05, 3.63) is 83.6 Å². The molecular formula is C24H21N7OS2. The summed E-state index contributed by atoms with van der Waals surface area (Å²) in [5.41, 5.74) is 3.65. The molecule has 1 atom stereocenters. The number of amides is 1. The predicted molar refractivity (Wildman–Crippen MR) is 136 cm³/mol. The maximum Gasteiger partial charge on any atom is 0.237 e. The Morgan fingerprint density at radius 2 is 1.94 bits per heavy atom. The normalized spacial score (nSPS) is 12.0. The van der Waals surface area contributed by atoms with Crippen molar-refractivity contribution < 1.29 is 4.79 Å². The number of nitrogens with two attached hydrogens (primary N) is 1. The first kappa shape index (κ1) is 22.1. The minimum Gasteiger partial charge on any atom is -0.335 e. The largest absolute Gasteiger partial charge is 0.335 e. The zero-order valence-corrected chi connectivity index (χ0v) is 19.9. The highest BCUT2D eigenvalue weighted by Crippen LogP contribution is 2.26. The van der Waals surface area contributed by atoms with Gasteiger partial charge in [-0.25, -0.2) is 9.66 Å². The summed E-state index contributed by atoms with van der Waals surface area (Å²) in [6.07, 6.45) is 4.10. The summed E-state index contributed by atoms with van der Waals surface area (Å²) in [6.45, 7) is 1.81. The van der Waals surface area contributed by atoms with Crippen LogP contribution in [0.5, 0.6) is 0 Å². The van der Waals surface area contributed by atoms with E-state index in [1.807, 2.05) is 48.5 Å². The molecule has 0 radical (unpaired) electrons. The number of hydrogen-bond donors (Lipinski definition) is 2. The molecule has 3 heterocycles. The zero-order chi connectivity index (χ0) is 23.5. The minimum atomic E-state index is -0.421. The summed E-state index contributed by atoms with van der Waals surface area (Å²) in [5, 5.41) is 12.3. The van der Waals surface area contributed by atoms with Crippen LogP contribution in [-0.2, 0) is 11.2 Å². The second kappa shape index (κ2) is 9.62. The first-order valence-electron chi connectivity index (χ1n) is 10.6. The van der Waals surface area contributed by atoms with Gasteiger partial charge in [-0.2, -0.15) is 0 Å². The Morgan fingerprint density at radius 1 is 1.12 bits per heavy atom. The van der Waals surface area contributed by atoms with Crippen molar-refractivity contribution >= 4 is 44.9 Å². The van der Waals surface area contributed by atoms with Gasteiger partial charge in [0.05, 0.1) is 20.5 Å². The number of pyridine rings is 1. The van der Waals surface area contributed by atoms with Crippen molar-refractivity contribution in [2.24, 2.45) is 0 Å². The lowest BCUT2D eigenvalue weighted by atomic mass is 10.1. The number of nitrogens with one attached hydrogen (secondary N) is 1. The van der Waals surface area contributed by atoms with E-state index < -0.39 is 5.25 Å². The van der Waals surface area contributed by atoms with Crippen LogP contribution in [-0.4, -0.2) is 36.0 Å². The highest BCUT2D eigenvalue weighted by Gasteiger charge is 2.20. The van der Waals surface area contributed by atoms with E-state index >= 15 is 0 Å². The predicted octanol–water partition coefficient (Wildman–Crippen LogP) is 4.37. The Hall–Kier alpha value is -3.76. The Balaban J connectivity index is 1.20. The number of rotatable bonds is 7. The fourth-order valence-corrected chi connectivity index (χ4v) is 5.15. The molecule has 0 fully saturated rings. The molecule has 5 aromatic rings. The summed E-state index contributed by atoms with van der Waals surface area (Å²) in [7, 11) is 0. The summed E-state index contributed by atoms with van der Waals surface area (Å²) in [6, 6.07) is 19.6. The van der Waals surface area contributed by atoms with E-state index in [-0.39, 0.29) is 5.91 Å². The van der Waals surface area contributed by atoms with Crippen LogP contribution >= 0.6 is 23.1 Å². The van der Waals surface area contributed by atoms with E-state index in [1.165, 1.54) is 21.1 Å². The first-order valence-corrected chi connectivity index (χ1v) is 12.3. The molecule has 3 N–H and O–H groups in total. The molecule has 10 heteroatoms. The average molecular weight is 488 g/mol. The van der Waals surface area contributed by atoms with Crippen LogP contribution in [0.2, 0.25) is 0 Å². The van der Waals surface area contributed by atoms with Gasteiger partial charge in [-0.05, 0) is 48.9 Å². The maximum atomic E-state index is 12.7. The number of aromatic nitrogens is 5. The molecule has 0 aliphatic heterocycles. The molecule has 0 saturated heterocycles. The molecule has 0 bridgehead atoms. The van der Waals surface area contributed by atoms with Gasteiger partial charge in [0.2, 0.25) is 11.1 Å². The quantitative estimate of drug-likeness (QED) is 0.259. The summed E-state index contributed by atoms with van der Waals surface area (Å²) < 4.78 is 2.57. The molecule has 0 saturated carbocycles. The van der Waals surface area contributed by atoms with Crippen molar-refractivity contribution in [2.45, 2.75) is 23.8 Å². The number of para-hydroxylation sites is 1. The van der Waals surface area contributed by atoms with Crippen LogP contribution in [0.4, 0.5) is 5.69 Å². The number of nitrogens with zero attached hydrogens (tertiary/aromatic N) is 5. The molecule has 5 rings (SSSR count). The van der Waals surface area contributed by atoms with E-state index in [0.29, 0.717) is 11.0 Å². The van der Waals surface area contributed by atoms with Gasteiger partial charge >= 0.3 is 0 Å². The number of benzene rings is 2. The third-order valence-electron chi connectivity index (χ3n) is 5.15. The van der Waals surface area contributed by atoms with Crippen LogP contribution in [0.3, 0.4) is 0 Å². The molecular weight excluding hydrogens is 466 g/mol. The number of anilines is 1. The minimum absolute atomic E-state index is 0.144. The van der Waals surface area contributed by atoms with Gasteiger partial charge in [-0.1, -0.05) is 36.0 Å². The SMILES string of the molecule is C[C@H](Sc1nnc(-c2cccnc2)n1N)C(=O)Nc1ccc(Cc2nc3ccccc3s2)cc1. The number of thioether (sulfide) groups is 1. The molecule has 2 aromatic carbocycles. The number of carbonyl (C=O) groups is 1. The second-order valence-corrected chi connectivity index (χ2v) is 10.0. The lowest BCUT2D eigenvalue weighted by molar-refractivity contribution is -0.115. The summed E-state index contributed by atoms with van der Waals surface area (Å²) in [4.78, 5) is 21.5. The van der Waals surface area contributed by atoms with Crippen molar-refractivity contribution in [3.63, 3.8) is 0 Å². The van der Waals surface area contributed by atoms with Crippen molar-refractivity contribution in [2.75, 3.05) is 11.2 Å². The van der Waals surface area contributed by atoms with Gasteiger partial charge < -0.3 is 11.2 Å². The second-order valence-electron chi connectivity index (χ2n) is 7.62. The number of nitrogen functional groups attached to an aromatic ring is 1. The van der Waals surface area contributed by atoms with Gasteiger partial charge in [0.15, 0.2) is 5.82 Å². The lowest BCUT2D eigenvalue weighted by Crippen LogP contribution is -2.23. The molecule has 0 aliphatic carbocycles. The van der Waals surface area contributed by atoms with Gasteiger partial charge in [-0.3, -0.25) is 9.78 Å². The monoisotopic (exact) mass is 487 g/mol. The molecule has 3 aromatic heterocycles. The molecule has 0 spiro atoms. The van der Waals surface area contributed by atoms with E-state index in [4.69, 9.17) is 5.84 Å². The van der Waals surface area contributed by atoms with Gasteiger partial charge in [0, 0.05) is 30.1 Å². The first-order chi connectivity index (χ1) is 16.6. The van der Waals surface area contributed by atoms with Crippen molar-refractivity contribution in [3.8, 4) is 11.4 Å². The van der Waals surface area contributed by atoms with Gasteiger partial charge in [-0.15, -0.1) is 21.5 Å². The van der Waals surface area contributed by atoms with Crippen LogP contribution in [0.25, 0.3) is 21.6 Å². The third-order valence-corrected chi connectivity index (χ3v) is 7.24. The Morgan fingerprint density at radius 3 is 2.71 bits per heavy atom. The van der Waals surface area contributed by atoms with E-state index in [0.717, 1.165) is 33.8 Å². The molecule has 1 amide bonds. The molecule has 0 aliphatic rings. The molecule has 8 nitrogen and oxygen atoms in total. The van der Waals surface area contributed by atoms with E-state index in [1.54, 1.807) is 36.7 Å². The summed E-state index contributed by atoms with van der Waals surface area (Å²) in [5.74, 6) is 6.50. The van der Waals surface area contributed by atoms with Crippen LogP contribution in [0, 0.1) is 0 Å². The highest BCUT2D eigenvalue weighted by molar-refractivity contribution is 8.00. The van der Waals surface area contributed by atoms with Crippen LogP contribution < -0.4 is 11.2 Å². The molecule has 34 heavy (non-hydrogen) atoms. The fraction of sp³-hybridized carbons (Fsp3) is 0.125. The Kier molecular flexibility index (Phi) is 6.24. The fourth-order valence-electron chi connectivity index (χ4n) is 3.38. The van der Waals surface area contributed by atoms with Crippen LogP contribution in [0.1, 0.15) is 17.5 Å². The van der Waals surface area contributed by atoms with Crippen molar-refractivity contribution in [1.29, 1.82) is 0 Å².